The first-order valence-corrected chi connectivity index (χ1v) is 5.94. The smallest absolute Gasteiger partial charge is 0.410 e. The third kappa shape index (κ3) is 2.32. The number of ether oxygens (including phenoxy) is 2. The van der Waals surface area contributed by atoms with E-state index in [1.807, 2.05) is 20.8 Å². The van der Waals surface area contributed by atoms with Crippen molar-refractivity contribution in [2.24, 2.45) is 5.92 Å². The van der Waals surface area contributed by atoms with Gasteiger partial charge in [-0.2, -0.15) is 0 Å². The van der Waals surface area contributed by atoms with Gasteiger partial charge in [-0.25, -0.2) is 4.79 Å². The van der Waals surface area contributed by atoms with Gasteiger partial charge in [-0.05, 0) is 33.1 Å². The predicted octanol–water partition coefficient (Wildman–Crippen LogP) is 2.03. The lowest BCUT2D eigenvalue weighted by Gasteiger charge is -2.36. The molecule has 2 heterocycles. The van der Waals surface area contributed by atoms with Gasteiger partial charge in [-0.15, -0.1) is 0 Å². The maximum absolute atomic E-state index is 11.9. The van der Waals surface area contributed by atoms with Crippen molar-refractivity contribution in [3.05, 3.63) is 0 Å². The molecule has 16 heavy (non-hydrogen) atoms. The van der Waals surface area contributed by atoms with Crippen LogP contribution in [0.2, 0.25) is 0 Å². The Hall–Kier alpha value is -0.770. The van der Waals surface area contributed by atoms with Crippen molar-refractivity contribution in [3.8, 4) is 0 Å². The Balaban J connectivity index is 1.94. The molecule has 2 aliphatic rings. The van der Waals surface area contributed by atoms with Crippen molar-refractivity contribution >= 4 is 6.09 Å². The Bertz CT molecular complexity index is 291. The number of carbonyl (C=O) groups excluding carboxylic acids is 1. The third-order valence-electron chi connectivity index (χ3n) is 3.36. The van der Waals surface area contributed by atoms with E-state index in [0.29, 0.717) is 12.5 Å². The van der Waals surface area contributed by atoms with Crippen molar-refractivity contribution in [2.45, 2.75) is 45.3 Å². The van der Waals surface area contributed by atoms with Gasteiger partial charge in [0.2, 0.25) is 0 Å². The first kappa shape index (κ1) is 11.7. The Morgan fingerprint density at radius 1 is 1.50 bits per heavy atom. The van der Waals surface area contributed by atoms with Crippen LogP contribution in [0.25, 0.3) is 0 Å². The van der Waals surface area contributed by atoms with Crippen LogP contribution in [-0.4, -0.2) is 41.9 Å². The van der Waals surface area contributed by atoms with E-state index in [1.54, 1.807) is 4.90 Å². The van der Waals surface area contributed by atoms with Crippen LogP contribution < -0.4 is 0 Å². The van der Waals surface area contributed by atoms with Crippen molar-refractivity contribution in [3.63, 3.8) is 0 Å². The molecule has 0 aromatic rings. The van der Waals surface area contributed by atoms with Crippen molar-refractivity contribution in [1.29, 1.82) is 0 Å². The molecular formula is C12H21NO3. The number of epoxide rings is 1. The second-order valence-corrected chi connectivity index (χ2v) is 5.95. The highest BCUT2D eigenvalue weighted by atomic mass is 16.6. The highest BCUT2D eigenvalue weighted by molar-refractivity contribution is 5.68. The zero-order chi connectivity index (χ0) is 12.0. The predicted molar refractivity (Wildman–Crippen MR) is 60.3 cm³/mol. The summed E-state index contributed by atoms with van der Waals surface area (Å²) in [5.74, 6) is 0.547. The molecule has 0 aliphatic carbocycles. The molecule has 0 bridgehead atoms. The summed E-state index contributed by atoms with van der Waals surface area (Å²) in [4.78, 5) is 13.7. The van der Waals surface area contributed by atoms with E-state index in [4.69, 9.17) is 9.47 Å². The number of hydrogen-bond acceptors (Lipinski definition) is 3. The number of piperidine rings is 1. The van der Waals surface area contributed by atoms with E-state index >= 15 is 0 Å². The zero-order valence-corrected chi connectivity index (χ0v) is 10.6. The second kappa shape index (κ2) is 3.62. The van der Waals surface area contributed by atoms with Crippen molar-refractivity contribution in [1.82, 2.24) is 4.90 Å². The lowest BCUT2D eigenvalue weighted by atomic mass is 9.87. The molecule has 4 nitrogen and oxygen atoms in total. The lowest BCUT2D eigenvalue weighted by molar-refractivity contribution is 0.00632. The first-order valence-electron chi connectivity index (χ1n) is 5.94. The number of carbonyl (C=O) groups is 1. The summed E-state index contributed by atoms with van der Waals surface area (Å²) < 4.78 is 10.9. The number of amides is 1. The van der Waals surface area contributed by atoms with Crippen LogP contribution in [0.4, 0.5) is 4.79 Å². The minimum atomic E-state index is -0.419. The lowest BCUT2D eigenvalue weighted by Crippen LogP contribution is -2.49. The van der Waals surface area contributed by atoms with Gasteiger partial charge >= 0.3 is 6.09 Å². The SMILES string of the molecule is C[C@H]1CCN(C(=O)OC(C)(C)C)CC12CO2. The third-order valence-corrected chi connectivity index (χ3v) is 3.36. The number of hydrogen-bond donors (Lipinski definition) is 0. The van der Waals surface area contributed by atoms with Crippen LogP contribution >= 0.6 is 0 Å². The van der Waals surface area contributed by atoms with Crippen molar-refractivity contribution < 1.29 is 14.3 Å². The van der Waals surface area contributed by atoms with Crippen LogP contribution in [0.3, 0.4) is 0 Å². The number of likely N-dealkylation sites (tertiary alicyclic amines) is 1. The summed E-state index contributed by atoms with van der Waals surface area (Å²) in [6.07, 6.45) is 0.786. The Kier molecular flexibility index (Phi) is 2.65. The molecule has 0 aromatic carbocycles. The van der Waals surface area contributed by atoms with Gasteiger partial charge in [0.1, 0.15) is 11.2 Å². The molecule has 1 amide bonds. The fourth-order valence-corrected chi connectivity index (χ4v) is 2.12. The summed E-state index contributed by atoms with van der Waals surface area (Å²) in [5.41, 5.74) is -0.479. The maximum atomic E-state index is 11.9. The molecule has 2 rings (SSSR count). The fourth-order valence-electron chi connectivity index (χ4n) is 2.12. The van der Waals surface area contributed by atoms with Crippen LogP contribution in [0.1, 0.15) is 34.1 Å². The molecule has 2 fully saturated rings. The van der Waals surface area contributed by atoms with Gasteiger partial charge in [0, 0.05) is 6.54 Å². The Morgan fingerprint density at radius 2 is 2.12 bits per heavy atom. The molecule has 2 atom stereocenters. The molecule has 1 spiro atoms. The molecule has 0 radical (unpaired) electrons. The van der Waals surface area contributed by atoms with Crippen LogP contribution in [0.5, 0.6) is 0 Å². The average Bonchev–Trinajstić information content (AvgIpc) is 2.88. The molecule has 1 unspecified atom stereocenters. The topological polar surface area (TPSA) is 42.1 Å². The minimum absolute atomic E-state index is 0.0604. The highest BCUT2D eigenvalue weighted by Gasteiger charge is 2.53. The monoisotopic (exact) mass is 227 g/mol. The van der Waals surface area contributed by atoms with Crippen LogP contribution in [0, 0.1) is 5.92 Å². The van der Waals surface area contributed by atoms with E-state index < -0.39 is 5.60 Å². The summed E-state index contributed by atoms with van der Waals surface area (Å²) >= 11 is 0. The molecule has 92 valence electrons. The van der Waals surface area contributed by atoms with Gasteiger partial charge in [0.15, 0.2) is 0 Å². The highest BCUT2D eigenvalue weighted by Crippen LogP contribution is 2.41. The Morgan fingerprint density at radius 3 is 2.62 bits per heavy atom. The summed E-state index contributed by atoms with van der Waals surface area (Å²) in [6.45, 7) is 10.1. The van der Waals surface area contributed by atoms with E-state index in [-0.39, 0.29) is 11.7 Å². The van der Waals surface area contributed by atoms with Gasteiger partial charge < -0.3 is 14.4 Å². The molecular weight excluding hydrogens is 206 g/mol. The number of rotatable bonds is 0. The van der Waals surface area contributed by atoms with Gasteiger partial charge in [-0.3, -0.25) is 0 Å². The summed E-state index contributed by atoms with van der Waals surface area (Å²) in [6, 6.07) is 0. The standard InChI is InChI=1S/C12H21NO3/c1-9-5-6-13(7-12(9)8-15-12)10(14)16-11(2,3)4/h9H,5-8H2,1-4H3/t9-,12?/m0/s1. The zero-order valence-electron chi connectivity index (χ0n) is 10.6. The summed E-state index contributed by atoms with van der Waals surface area (Å²) in [7, 11) is 0. The molecule has 2 saturated heterocycles. The molecule has 0 aromatic heterocycles. The Labute approximate surface area is 96.9 Å². The van der Waals surface area contributed by atoms with Gasteiger partial charge in [0.25, 0.3) is 0 Å². The van der Waals surface area contributed by atoms with E-state index in [9.17, 15) is 4.79 Å². The van der Waals surface area contributed by atoms with E-state index in [1.165, 1.54) is 0 Å². The average molecular weight is 227 g/mol. The van der Waals surface area contributed by atoms with Gasteiger partial charge in [0.05, 0.1) is 13.2 Å². The van der Waals surface area contributed by atoms with Crippen LogP contribution in [-0.2, 0) is 9.47 Å². The normalized spacial score (nSPS) is 34.0. The molecule has 0 saturated carbocycles. The number of nitrogens with zero attached hydrogens (tertiary/aromatic N) is 1. The minimum Gasteiger partial charge on any atom is -0.444 e. The van der Waals surface area contributed by atoms with Crippen LogP contribution in [0.15, 0.2) is 0 Å². The quantitative estimate of drug-likeness (QED) is 0.595. The second-order valence-electron chi connectivity index (χ2n) is 5.95. The van der Waals surface area contributed by atoms with Gasteiger partial charge in [-0.1, -0.05) is 6.92 Å². The largest absolute Gasteiger partial charge is 0.444 e. The first-order chi connectivity index (χ1) is 7.32. The fraction of sp³-hybridized carbons (Fsp3) is 0.917. The summed E-state index contributed by atoms with van der Waals surface area (Å²) in [5, 5.41) is 0. The molecule has 0 N–H and O–H groups in total. The molecule has 4 heteroatoms. The van der Waals surface area contributed by atoms with E-state index in [2.05, 4.69) is 6.92 Å². The van der Waals surface area contributed by atoms with Crippen molar-refractivity contribution in [2.75, 3.05) is 19.7 Å². The molecule has 2 aliphatic heterocycles. The maximum Gasteiger partial charge on any atom is 0.410 e. The van der Waals surface area contributed by atoms with E-state index in [0.717, 1.165) is 19.6 Å².